The van der Waals surface area contributed by atoms with Crippen LogP contribution in [-0.4, -0.2) is 30.2 Å². The summed E-state index contributed by atoms with van der Waals surface area (Å²) in [6.45, 7) is 4.36. The van der Waals surface area contributed by atoms with Gasteiger partial charge in [0.2, 0.25) is 0 Å². The summed E-state index contributed by atoms with van der Waals surface area (Å²) in [7, 11) is 1.31. The third kappa shape index (κ3) is 4.23. The molecule has 2 aromatic rings. The number of aromatic nitrogens is 1. The van der Waals surface area contributed by atoms with Gasteiger partial charge in [-0.2, -0.15) is 0 Å². The molecule has 0 radical (unpaired) electrons. The van der Waals surface area contributed by atoms with Crippen LogP contribution in [0, 0.1) is 0 Å². The highest BCUT2D eigenvalue weighted by molar-refractivity contribution is 7.14. The average molecular weight is 333 g/mol. The average Bonchev–Trinajstić information content (AvgIpc) is 3.22. The van der Waals surface area contributed by atoms with Crippen LogP contribution in [0.3, 0.4) is 0 Å². The van der Waals surface area contributed by atoms with Crippen molar-refractivity contribution in [3.8, 4) is 0 Å². The molecular weight excluding hydrogens is 314 g/mol. The summed E-state index contributed by atoms with van der Waals surface area (Å²) in [4.78, 5) is 23.6. The Morgan fingerprint density at radius 2 is 1.96 bits per heavy atom. The van der Waals surface area contributed by atoms with Crippen LogP contribution in [0.25, 0.3) is 5.70 Å². The highest BCUT2D eigenvalue weighted by Gasteiger charge is 2.15. The van der Waals surface area contributed by atoms with Gasteiger partial charge in [0.05, 0.1) is 12.7 Å². The fourth-order valence-corrected chi connectivity index (χ4v) is 2.71. The minimum Gasteiger partial charge on any atom is -0.465 e. The predicted molar refractivity (Wildman–Crippen MR) is 91.7 cm³/mol. The molecule has 2 heterocycles. The number of carbonyl (C=O) groups excluding carboxylic acids is 2. The van der Waals surface area contributed by atoms with Crippen molar-refractivity contribution in [1.29, 1.82) is 0 Å². The molecule has 2 rings (SSSR count). The van der Waals surface area contributed by atoms with Crippen molar-refractivity contribution in [1.82, 2.24) is 9.88 Å². The van der Waals surface area contributed by atoms with Gasteiger partial charge in [0.15, 0.2) is 0 Å². The largest absolute Gasteiger partial charge is 0.465 e. The number of urea groups is 1. The third-order valence-electron chi connectivity index (χ3n) is 3.42. The van der Waals surface area contributed by atoms with E-state index in [1.807, 2.05) is 42.9 Å². The quantitative estimate of drug-likeness (QED) is 0.824. The molecule has 0 saturated heterocycles. The van der Waals surface area contributed by atoms with Crippen LogP contribution in [-0.2, 0) is 4.74 Å². The lowest BCUT2D eigenvalue weighted by atomic mass is 10.2. The maximum absolute atomic E-state index is 12.0. The van der Waals surface area contributed by atoms with Crippen molar-refractivity contribution in [2.24, 2.45) is 0 Å². The van der Waals surface area contributed by atoms with Gasteiger partial charge in [-0.25, -0.2) is 9.59 Å². The highest BCUT2D eigenvalue weighted by Crippen LogP contribution is 2.23. The summed E-state index contributed by atoms with van der Waals surface area (Å²) < 4.78 is 6.66. The summed E-state index contributed by atoms with van der Waals surface area (Å²) in [6.07, 6.45) is 3.90. The standard InChI is InChI=1S/C16H19N3O3S/c1-11(12(2)19-7-4-5-8-19)10-17-16(21)18-14-13(6-9-23-14)15(20)22-3/h4-9H,10H2,1-3H3,(H2,17,18,21). The molecule has 0 aliphatic carbocycles. The maximum Gasteiger partial charge on any atom is 0.340 e. The van der Waals surface area contributed by atoms with Crippen molar-refractivity contribution >= 4 is 34.0 Å². The van der Waals surface area contributed by atoms with Gasteiger partial charge in [-0.3, -0.25) is 5.32 Å². The zero-order chi connectivity index (χ0) is 16.8. The summed E-state index contributed by atoms with van der Waals surface area (Å²) in [5.41, 5.74) is 2.45. The topological polar surface area (TPSA) is 72.4 Å². The number of nitrogens with one attached hydrogen (secondary N) is 2. The second-order valence-electron chi connectivity index (χ2n) is 4.92. The Morgan fingerprint density at radius 1 is 1.26 bits per heavy atom. The smallest absolute Gasteiger partial charge is 0.340 e. The number of thiophene rings is 1. The fourth-order valence-electron chi connectivity index (χ4n) is 1.94. The fraction of sp³-hybridized carbons (Fsp3) is 0.250. The number of carbonyl (C=O) groups is 2. The van der Waals surface area contributed by atoms with E-state index in [-0.39, 0.29) is 6.03 Å². The van der Waals surface area contributed by atoms with Crippen LogP contribution in [0.1, 0.15) is 24.2 Å². The van der Waals surface area contributed by atoms with Gasteiger partial charge in [0.1, 0.15) is 5.00 Å². The lowest BCUT2D eigenvalue weighted by molar-refractivity contribution is 0.0602. The van der Waals surface area contributed by atoms with E-state index < -0.39 is 5.97 Å². The Balaban J connectivity index is 1.95. The molecule has 0 spiro atoms. The second kappa shape index (κ2) is 7.64. The first-order chi connectivity index (χ1) is 11.0. The molecule has 0 fully saturated rings. The number of methoxy groups -OCH3 is 1. The molecule has 6 nitrogen and oxygen atoms in total. The number of hydrogen-bond donors (Lipinski definition) is 2. The monoisotopic (exact) mass is 333 g/mol. The number of allylic oxidation sites excluding steroid dienone is 1. The Hall–Kier alpha value is -2.54. The highest BCUT2D eigenvalue weighted by atomic mass is 32.1. The zero-order valence-corrected chi connectivity index (χ0v) is 14.1. The SMILES string of the molecule is COC(=O)c1ccsc1NC(=O)NCC(C)=C(C)n1cccc1. The molecule has 0 aliphatic heterocycles. The van der Waals surface area contributed by atoms with Crippen LogP contribution in [0.5, 0.6) is 0 Å². The molecule has 122 valence electrons. The van der Waals surface area contributed by atoms with E-state index in [4.69, 9.17) is 0 Å². The molecule has 2 aromatic heterocycles. The van der Waals surface area contributed by atoms with Gasteiger partial charge >= 0.3 is 12.0 Å². The van der Waals surface area contributed by atoms with Crippen LogP contribution in [0.15, 0.2) is 41.5 Å². The minimum atomic E-state index is -0.471. The number of rotatable bonds is 5. The van der Waals surface area contributed by atoms with E-state index in [1.54, 1.807) is 11.4 Å². The van der Waals surface area contributed by atoms with E-state index in [0.717, 1.165) is 11.3 Å². The van der Waals surface area contributed by atoms with E-state index in [1.165, 1.54) is 18.4 Å². The van der Waals surface area contributed by atoms with Crippen molar-refractivity contribution in [2.45, 2.75) is 13.8 Å². The Bertz CT molecular complexity index is 717. The second-order valence-corrected chi connectivity index (χ2v) is 5.83. The first kappa shape index (κ1) is 16.8. The molecule has 2 amide bonds. The van der Waals surface area contributed by atoms with Crippen LogP contribution in [0.4, 0.5) is 9.80 Å². The van der Waals surface area contributed by atoms with E-state index in [2.05, 4.69) is 15.4 Å². The Kier molecular flexibility index (Phi) is 5.59. The van der Waals surface area contributed by atoms with Gasteiger partial charge in [-0.05, 0) is 43.0 Å². The molecular formula is C16H19N3O3S. The van der Waals surface area contributed by atoms with E-state index in [0.29, 0.717) is 17.1 Å². The van der Waals surface area contributed by atoms with Gasteiger partial charge in [0.25, 0.3) is 0 Å². The van der Waals surface area contributed by atoms with Crippen LogP contribution >= 0.6 is 11.3 Å². The summed E-state index contributed by atoms with van der Waals surface area (Å²) in [5.74, 6) is -0.471. The molecule has 2 N–H and O–H groups in total. The molecule has 0 unspecified atom stereocenters. The molecule has 0 saturated carbocycles. The number of esters is 1. The maximum atomic E-state index is 12.0. The van der Waals surface area contributed by atoms with Crippen LogP contribution < -0.4 is 10.6 Å². The van der Waals surface area contributed by atoms with Gasteiger partial charge in [-0.1, -0.05) is 0 Å². The van der Waals surface area contributed by atoms with Gasteiger partial charge in [-0.15, -0.1) is 11.3 Å². The number of nitrogens with zero attached hydrogens (tertiary/aromatic N) is 1. The van der Waals surface area contributed by atoms with Gasteiger partial charge < -0.3 is 14.6 Å². The lowest BCUT2D eigenvalue weighted by Gasteiger charge is -2.11. The number of hydrogen-bond acceptors (Lipinski definition) is 4. The summed E-state index contributed by atoms with van der Waals surface area (Å²) in [5, 5.41) is 7.65. The normalized spacial score (nSPS) is 11.6. The van der Waals surface area contributed by atoms with Crippen molar-refractivity contribution in [3.05, 3.63) is 47.1 Å². The molecule has 0 aliphatic rings. The molecule has 7 heteroatoms. The minimum absolute atomic E-state index is 0.350. The van der Waals surface area contributed by atoms with Crippen molar-refractivity contribution in [2.75, 3.05) is 19.0 Å². The first-order valence-corrected chi connectivity index (χ1v) is 7.91. The zero-order valence-electron chi connectivity index (χ0n) is 13.3. The van der Waals surface area contributed by atoms with Crippen molar-refractivity contribution in [3.63, 3.8) is 0 Å². The molecule has 0 bridgehead atoms. The first-order valence-electron chi connectivity index (χ1n) is 7.03. The Morgan fingerprint density at radius 3 is 2.61 bits per heavy atom. The third-order valence-corrected chi connectivity index (χ3v) is 4.25. The summed E-state index contributed by atoms with van der Waals surface area (Å²) in [6, 6.07) is 5.15. The Labute approximate surface area is 138 Å². The van der Waals surface area contributed by atoms with Crippen LogP contribution in [0.2, 0.25) is 0 Å². The number of anilines is 1. The molecule has 0 atom stereocenters. The number of amides is 2. The lowest BCUT2D eigenvalue weighted by Crippen LogP contribution is -2.30. The van der Waals surface area contributed by atoms with E-state index in [9.17, 15) is 9.59 Å². The summed E-state index contributed by atoms with van der Waals surface area (Å²) >= 11 is 1.27. The molecule has 0 aromatic carbocycles. The van der Waals surface area contributed by atoms with Crippen molar-refractivity contribution < 1.29 is 14.3 Å². The predicted octanol–water partition coefficient (Wildman–Crippen LogP) is 3.41. The van der Waals surface area contributed by atoms with E-state index >= 15 is 0 Å². The molecule has 23 heavy (non-hydrogen) atoms. The van der Waals surface area contributed by atoms with Gasteiger partial charge in [0, 0.05) is 24.6 Å². The number of ether oxygens (including phenoxy) is 1.